The molecule has 1 N–H and O–H groups in total. The zero-order valence-corrected chi connectivity index (χ0v) is 10.8. The minimum Gasteiger partial charge on any atom is -0.444 e. The Hall–Kier alpha value is -1.61. The highest BCUT2D eigenvalue weighted by atomic mass is 16.4. The molecule has 0 aliphatic heterocycles. The molecular formula is C15H18N2O. The fraction of sp³-hybridized carbons (Fsp3) is 0.400. The topological polar surface area (TPSA) is 38.1 Å². The molecule has 1 aliphatic rings. The van der Waals surface area contributed by atoms with Gasteiger partial charge in [0.25, 0.3) is 0 Å². The molecule has 0 fully saturated rings. The molecule has 1 aliphatic carbocycles. The lowest BCUT2D eigenvalue weighted by atomic mass is 9.77. The molecule has 0 radical (unpaired) electrons. The number of rotatable bonds is 4. The Morgan fingerprint density at radius 3 is 3.00 bits per heavy atom. The number of nitrogens with one attached hydrogen (secondary N) is 1. The van der Waals surface area contributed by atoms with Gasteiger partial charge in [-0.3, -0.25) is 0 Å². The van der Waals surface area contributed by atoms with Gasteiger partial charge in [-0.1, -0.05) is 24.3 Å². The van der Waals surface area contributed by atoms with E-state index in [1.54, 1.807) is 6.20 Å². The van der Waals surface area contributed by atoms with E-state index < -0.39 is 0 Å². The van der Waals surface area contributed by atoms with Gasteiger partial charge >= 0.3 is 0 Å². The number of hydrogen-bond acceptors (Lipinski definition) is 3. The zero-order valence-electron chi connectivity index (χ0n) is 10.8. The molecule has 1 heterocycles. The van der Waals surface area contributed by atoms with Gasteiger partial charge in [-0.05, 0) is 31.4 Å². The Morgan fingerprint density at radius 1 is 1.44 bits per heavy atom. The van der Waals surface area contributed by atoms with E-state index >= 15 is 0 Å². The van der Waals surface area contributed by atoms with E-state index in [0.717, 1.165) is 18.2 Å². The number of oxazole rings is 1. The Bertz CT molecular complexity index is 547. The molecule has 2 unspecified atom stereocenters. The lowest BCUT2D eigenvalue weighted by Crippen LogP contribution is -2.30. The van der Waals surface area contributed by atoms with Gasteiger partial charge in [0, 0.05) is 12.5 Å². The van der Waals surface area contributed by atoms with Crippen LogP contribution in [-0.2, 0) is 6.42 Å². The van der Waals surface area contributed by atoms with Crippen molar-refractivity contribution >= 4 is 0 Å². The molecule has 94 valence electrons. The SMILES string of the molecule is Cc1cnc(C(C)NCC2Cc3ccccc32)o1. The summed E-state index contributed by atoms with van der Waals surface area (Å²) in [7, 11) is 0. The van der Waals surface area contributed by atoms with E-state index in [-0.39, 0.29) is 6.04 Å². The average Bonchev–Trinajstić information content (AvgIpc) is 2.77. The normalized spacial score (nSPS) is 19.1. The van der Waals surface area contributed by atoms with Crippen molar-refractivity contribution in [2.75, 3.05) is 6.54 Å². The van der Waals surface area contributed by atoms with Crippen molar-refractivity contribution in [3.05, 3.63) is 53.2 Å². The molecule has 1 aromatic carbocycles. The second-order valence-electron chi connectivity index (χ2n) is 5.04. The van der Waals surface area contributed by atoms with Crippen molar-refractivity contribution in [1.82, 2.24) is 10.3 Å². The molecule has 2 aromatic rings. The Balaban J connectivity index is 1.57. The van der Waals surface area contributed by atoms with Crippen LogP contribution in [0.25, 0.3) is 0 Å². The summed E-state index contributed by atoms with van der Waals surface area (Å²) in [5.41, 5.74) is 2.98. The van der Waals surface area contributed by atoms with Crippen molar-refractivity contribution in [2.24, 2.45) is 0 Å². The van der Waals surface area contributed by atoms with Crippen LogP contribution in [0.5, 0.6) is 0 Å². The first-order chi connectivity index (χ1) is 8.74. The minimum atomic E-state index is 0.173. The zero-order chi connectivity index (χ0) is 12.5. The highest BCUT2D eigenvalue weighted by Gasteiger charge is 2.25. The first-order valence-corrected chi connectivity index (χ1v) is 6.47. The van der Waals surface area contributed by atoms with Crippen LogP contribution in [0, 0.1) is 6.92 Å². The van der Waals surface area contributed by atoms with Crippen molar-refractivity contribution in [2.45, 2.75) is 32.2 Å². The number of benzene rings is 1. The Morgan fingerprint density at radius 2 is 2.28 bits per heavy atom. The fourth-order valence-corrected chi connectivity index (χ4v) is 2.52. The van der Waals surface area contributed by atoms with Gasteiger partial charge in [0.1, 0.15) is 5.76 Å². The summed E-state index contributed by atoms with van der Waals surface area (Å²) in [6, 6.07) is 8.84. The van der Waals surface area contributed by atoms with E-state index in [4.69, 9.17) is 4.42 Å². The number of nitrogens with zero attached hydrogens (tertiary/aromatic N) is 1. The van der Waals surface area contributed by atoms with Gasteiger partial charge in [0.05, 0.1) is 12.2 Å². The first-order valence-electron chi connectivity index (χ1n) is 6.47. The standard InChI is InChI=1S/C15H18N2O/c1-10-8-17-15(18-10)11(2)16-9-13-7-12-5-3-4-6-14(12)13/h3-6,8,11,13,16H,7,9H2,1-2H3. The third-order valence-electron chi connectivity index (χ3n) is 3.64. The number of fused-ring (bicyclic) bond motifs is 1. The maximum absolute atomic E-state index is 5.53. The molecule has 3 nitrogen and oxygen atoms in total. The molecule has 0 saturated heterocycles. The molecule has 3 heteroatoms. The maximum atomic E-state index is 5.53. The molecule has 3 rings (SSSR count). The summed E-state index contributed by atoms with van der Waals surface area (Å²) in [5, 5.41) is 3.50. The van der Waals surface area contributed by atoms with E-state index in [2.05, 4.69) is 41.5 Å². The summed E-state index contributed by atoms with van der Waals surface area (Å²) in [4.78, 5) is 4.25. The quantitative estimate of drug-likeness (QED) is 0.895. The largest absolute Gasteiger partial charge is 0.444 e. The van der Waals surface area contributed by atoms with Gasteiger partial charge in [0.15, 0.2) is 0 Å². The third kappa shape index (κ3) is 2.06. The van der Waals surface area contributed by atoms with Gasteiger partial charge in [-0.2, -0.15) is 0 Å². The van der Waals surface area contributed by atoms with Crippen LogP contribution in [0.2, 0.25) is 0 Å². The monoisotopic (exact) mass is 242 g/mol. The van der Waals surface area contributed by atoms with Crippen molar-refractivity contribution < 1.29 is 4.42 Å². The number of hydrogen-bond donors (Lipinski definition) is 1. The van der Waals surface area contributed by atoms with Gasteiger partial charge < -0.3 is 9.73 Å². The predicted molar refractivity (Wildman–Crippen MR) is 70.5 cm³/mol. The van der Waals surface area contributed by atoms with Crippen LogP contribution in [0.4, 0.5) is 0 Å². The van der Waals surface area contributed by atoms with Crippen LogP contribution in [0.1, 0.15) is 41.7 Å². The van der Waals surface area contributed by atoms with E-state index in [9.17, 15) is 0 Å². The smallest absolute Gasteiger partial charge is 0.211 e. The molecule has 0 saturated carbocycles. The number of aromatic nitrogens is 1. The third-order valence-corrected chi connectivity index (χ3v) is 3.64. The second kappa shape index (κ2) is 4.58. The summed E-state index contributed by atoms with van der Waals surface area (Å²) in [6.45, 7) is 5.00. The van der Waals surface area contributed by atoms with Crippen LogP contribution >= 0.6 is 0 Å². The molecule has 2 atom stereocenters. The maximum Gasteiger partial charge on any atom is 0.211 e. The Kier molecular flexibility index (Phi) is 2.92. The molecule has 18 heavy (non-hydrogen) atoms. The van der Waals surface area contributed by atoms with Crippen molar-refractivity contribution in [1.29, 1.82) is 0 Å². The molecule has 0 spiro atoms. The van der Waals surface area contributed by atoms with Gasteiger partial charge in [-0.15, -0.1) is 0 Å². The van der Waals surface area contributed by atoms with Crippen LogP contribution < -0.4 is 5.32 Å². The summed E-state index contributed by atoms with van der Waals surface area (Å²) in [6.07, 6.45) is 2.95. The van der Waals surface area contributed by atoms with Crippen LogP contribution in [0.15, 0.2) is 34.9 Å². The Labute approximate surface area is 107 Å². The lowest BCUT2D eigenvalue weighted by Gasteiger charge is -2.31. The van der Waals surface area contributed by atoms with Crippen molar-refractivity contribution in [3.63, 3.8) is 0 Å². The van der Waals surface area contributed by atoms with E-state index in [1.165, 1.54) is 17.5 Å². The first kappa shape index (κ1) is 11.5. The van der Waals surface area contributed by atoms with E-state index in [0.29, 0.717) is 5.92 Å². The van der Waals surface area contributed by atoms with Gasteiger partial charge in [0.2, 0.25) is 5.89 Å². The predicted octanol–water partition coefficient (Wildman–Crippen LogP) is 2.97. The van der Waals surface area contributed by atoms with Crippen LogP contribution in [-0.4, -0.2) is 11.5 Å². The highest BCUT2D eigenvalue weighted by molar-refractivity contribution is 5.40. The summed E-state index contributed by atoms with van der Waals surface area (Å²) < 4.78 is 5.53. The highest BCUT2D eigenvalue weighted by Crippen LogP contribution is 2.34. The van der Waals surface area contributed by atoms with Crippen LogP contribution in [0.3, 0.4) is 0 Å². The average molecular weight is 242 g/mol. The summed E-state index contributed by atoms with van der Waals surface area (Å²) >= 11 is 0. The molecular weight excluding hydrogens is 224 g/mol. The summed E-state index contributed by atoms with van der Waals surface area (Å²) in [5.74, 6) is 2.28. The fourth-order valence-electron chi connectivity index (χ4n) is 2.52. The molecule has 0 amide bonds. The van der Waals surface area contributed by atoms with Gasteiger partial charge in [-0.25, -0.2) is 4.98 Å². The molecule has 0 bridgehead atoms. The van der Waals surface area contributed by atoms with Crippen molar-refractivity contribution in [3.8, 4) is 0 Å². The lowest BCUT2D eigenvalue weighted by molar-refractivity contribution is 0.389. The number of aryl methyl sites for hydroxylation is 1. The minimum absolute atomic E-state index is 0.173. The second-order valence-corrected chi connectivity index (χ2v) is 5.04. The van der Waals surface area contributed by atoms with E-state index in [1.807, 2.05) is 6.92 Å². The molecule has 1 aromatic heterocycles.